The number of nitrogens with zero attached hydrogens (tertiary/aromatic N) is 2. The van der Waals surface area contributed by atoms with Crippen LogP contribution in [0.5, 0.6) is 11.5 Å². The zero-order valence-corrected chi connectivity index (χ0v) is 16.2. The summed E-state index contributed by atoms with van der Waals surface area (Å²) in [7, 11) is -1.93. The lowest BCUT2D eigenvalue weighted by molar-refractivity contribution is 0.171. The molecule has 1 fully saturated rings. The highest BCUT2D eigenvalue weighted by molar-refractivity contribution is 7.89. The molecule has 0 spiro atoms. The molecule has 2 aliphatic rings. The van der Waals surface area contributed by atoms with E-state index in [9.17, 15) is 8.42 Å². The Balaban J connectivity index is 1.55. The minimum atomic E-state index is -3.61. The first-order valence-electron chi connectivity index (χ1n) is 9.23. The van der Waals surface area contributed by atoms with Gasteiger partial charge >= 0.3 is 0 Å². The summed E-state index contributed by atoms with van der Waals surface area (Å²) in [6.07, 6.45) is 1.81. The van der Waals surface area contributed by atoms with Crippen LogP contribution in [-0.4, -0.2) is 52.1 Å². The Bertz CT molecular complexity index is 901. The topological polar surface area (TPSA) is 59.1 Å². The van der Waals surface area contributed by atoms with Gasteiger partial charge in [-0.25, -0.2) is 8.42 Å². The maximum absolute atomic E-state index is 13.2. The van der Waals surface area contributed by atoms with E-state index in [-0.39, 0.29) is 10.9 Å². The first-order valence-corrected chi connectivity index (χ1v) is 10.7. The lowest BCUT2D eigenvalue weighted by Gasteiger charge is -2.38. The number of benzene rings is 2. The van der Waals surface area contributed by atoms with Crippen molar-refractivity contribution in [1.29, 1.82) is 0 Å². The summed E-state index contributed by atoms with van der Waals surface area (Å²) in [6.45, 7) is 2.54. The van der Waals surface area contributed by atoms with Gasteiger partial charge in [0.25, 0.3) is 0 Å². The fourth-order valence-electron chi connectivity index (χ4n) is 3.67. The van der Waals surface area contributed by atoms with Gasteiger partial charge in [-0.3, -0.25) is 0 Å². The molecule has 0 amide bonds. The summed E-state index contributed by atoms with van der Waals surface area (Å²) >= 11 is 0. The van der Waals surface area contributed by atoms with E-state index in [1.807, 2.05) is 18.2 Å². The van der Waals surface area contributed by atoms with Crippen LogP contribution in [0.25, 0.3) is 0 Å². The molecular weight excluding hydrogens is 364 g/mol. The molecule has 2 aliphatic heterocycles. The standard InChI is InChI=1S/C20H24N2O4S/c1-21(17-8-5-11-22(15-17)16-6-3-2-4-7-16)27(23,24)18-9-10-19-20(14-18)26-13-12-25-19/h2-4,6-7,9-10,14,17H,5,8,11-13,15H2,1H3/t17-/m1/s1. The first kappa shape index (κ1) is 18.1. The van der Waals surface area contributed by atoms with Crippen LogP contribution in [0.2, 0.25) is 0 Å². The highest BCUT2D eigenvalue weighted by Gasteiger charge is 2.32. The number of likely N-dealkylation sites (N-methyl/N-ethyl adjacent to an activating group) is 1. The number of hydrogen-bond acceptors (Lipinski definition) is 5. The second-order valence-corrected chi connectivity index (χ2v) is 8.90. The molecule has 7 heteroatoms. The number of anilines is 1. The summed E-state index contributed by atoms with van der Waals surface area (Å²) in [4.78, 5) is 2.50. The maximum atomic E-state index is 13.2. The molecule has 4 rings (SSSR count). The minimum Gasteiger partial charge on any atom is -0.486 e. The molecule has 2 aromatic carbocycles. The van der Waals surface area contributed by atoms with E-state index >= 15 is 0 Å². The normalized spacial score (nSPS) is 19.9. The molecule has 2 aromatic rings. The predicted molar refractivity (Wildman–Crippen MR) is 104 cm³/mol. The average molecular weight is 388 g/mol. The lowest BCUT2D eigenvalue weighted by Crippen LogP contribution is -2.48. The van der Waals surface area contributed by atoms with Crippen molar-refractivity contribution in [3.8, 4) is 11.5 Å². The molecule has 144 valence electrons. The molecule has 0 saturated carbocycles. The fourth-order valence-corrected chi connectivity index (χ4v) is 5.06. The summed E-state index contributed by atoms with van der Waals surface area (Å²) in [6, 6.07) is 14.9. The van der Waals surface area contributed by atoms with Crippen molar-refractivity contribution < 1.29 is 17.9 Å². The van der Waals surface area contributed by atoms with Gasteiger partial charge in [-0.15, -0.1) is 0 Å². The van der Waals surface area contributed by atoms with Gasteiger partial charge in [0.05, 0.1) is 4.90 Å². The molecule has 0 radical (unpaired) electrons. The molecule has 0 unspecified atom stereocenters. The molecular formula is C20H24N2O4S. The van der Waals surface area contributed by atoms with Crippen LogP contribution in [0.1, 0.15) is 12.8 Å². The Labute approximate surface area is 160 Å². The van der Waals surface area contributed by atoms with Gasteiger partial charge in [0.15, 0.2) is 11.5 Å². The minimum absolute atomic E-state index is 0.0721. The number of rotatable bonds is 4. The first-order chi connectivity index (χ1) is 13.1. The SMILES string of the molecule is CN([C@@H]1CCCN(c2ccccc2)C1)S(=O)(=O)c1ccc2c(c1)OCCO2. The third-order valence-corrected chi connectivity index (χ3v) is 7.13. The number of piperidine rings is 1. The number of fused-ring (bicyclic) bond motifs is 1. The Morgan fingerprint density at radius 2 is 1.78 bits per heavy atom. The van der Waals surface area contributed by atoms with Crippen molar-refractivity contribution in [3.05, 3.63) is 48.5 Å². The average Bonchev–Trinajstić information content (AvgIpc) is 2.73. The molecule has 1 atom stereocenters. The van der Waals surface area contributed by atoms with Crippen LogP contribution in [0.4, 0.5) is 5.69 Å². The van der Waals surface area contributed by atoms with E-state index in [0.717, 1.165) is 25.1 Å². The third kappa shape index (κ3) is 3.61. The van der Waals surface area contributed by atoms with Crippen molar-refractivity contribution in [2.75, 3.05) is 38.3 Å². The summed E-state index contributed by atoms with van der Waals surface area (Å²) in [5.74, 6) is 1.08. The van der Waals surface area contributed by atoms with E-state index in [1.165, 1.54) is 4.31 Å². The second-order valence-electron chi connectivity index (χ2n) is 6.90. The molecule has 27 heavy (non-hydrogen) atoms. The van der Waals surface area contributed by atoms with Crippen LogP contribution in [0.3, 0.4) is 0 Å². The number of sulfonamides is 1. The van der Waals surface area contributed by atoms with Crippen molar-refractivity contribution >= 4 is 15.7 Å². The molecule has 0 bridgehead atoms. The predicted octanol–water partition coefficient (Wildman–Crippen LogP) is 2.75. The zero-order chi connectivity index (χ0) is 18.9. The number of hydrogen-bond donors (Lipinski definition) is 0. The molecule has 0 aliphatic carbocycles. The Morgan fingerprint density at radius 1 is 1.04 bits per heavy atom. The smallest absolute Gasteiger partial charge is 0.243 e. The van der Waals surface area contributed by atoms with Gasteiger partial charge in [-0.1, -0.05) is 18.2 Å². The van der Waals surface area contributed by atoms with Crippen molar-refractivity contribution in [3.63, 3.8) is 0 Å². The third-order valence-electron chi connectivity index (χ3n) is 5.22. The van der Waals surface area contributed by atoms with E-state index in [0.29, 0.717) is 31.3 Å². The van der Waals surface area contributed by atoms with Gasteiger partial charge in [0, 0.05) is 37.9 Å². The quantitative estimate of drug-likeness (QED) is 0.806. The van der Waals surface area contributed by atoms with Crippen molar-refractivity contribution in [1.82, 2.24) is 4.31 Å². The van der Waals surface area contributed by atoms with E-state index in [2.05, 4.69) is 17.0 Å². The lowest BCUT2D eigenvalue weighted by atomic mass is 10.1. The van der Waals surface area contributed by atoms with Gasteiger partial charge in [0.1, 0.15) is 13.2 Å². The molecule has 1 saturated heterocycles. The van der Waals surface area contributed by atoms with Gasteiger partial charge in [-0.2, -0.15) is 4.31 Å². The number of para-hydroxylation sites is 1. The summed E-state index contributed by atoms with van der Waals surface area (Å²) in [5, 5.41) is 0. The van der Waals surface area contributed by atoms with Gasteiger partial charge < -0.3 is 14.4 Å². The summed E-state index contributed by atoms with van der Waals surface area (Å²) in [5.41, 5.74) is 1.13. The molecule has 6 nitrogen and oxygen atoms in total. The Morgan fingerprint density at radius 3 is 2.56 bits per heavy atom. The van der Waals surface area contributed by atoms with E-state index in [1.54, 1.807) is 25.2 Å². The van der Waals surface area contributed by atoms with Crippen LogP contribution >= 0.6 is 0 Å². The second kappa shape index (κ2) is 7.40. The van der Waals surface area contributed by atoms with E-state index < -0.39 is 10.0 Å². The van der Waals surface area contributed by atoms with Crippen LogP contribution in [0, 0.1) is 0 Å². The molecule has 0 N–H and O–H groups in total. The molecule has 2 heterocycles. The van der Waals surface area contributed by atoms with Crippen LogP contribution in [0.15, 0.2) is 53.4 Å². The van der Waals surface area contributed by atoms with Crippen molar-refractivity contribution in [2.45, 2.75) is 23.8 Å². The van der Waals surface area contributed by atoms with Crippen LogP contribution < -0.4 is 14.4 Å². The monoisotopic (exact) mass is 388 g/mol. The van der Waals surface area contributed by atoms with E-state index in [4.69, 9.17) is 9.47 Å². The Hall–Kier alpha value is -2.25. The Kier molecular flexibility index (Phi) is 4.97. The zero-order valence-electron chi connectivity index (χ0n) is 15.4. The number of ether oxygens (including phenoxy) is 2. The highest BCUT2D eigenvalue weighted by atomic mass is 32.2. The van der Waals surface area contributed by atoms with Crippen LogP contribution in [-0.2, 0) is 10.0 Å². The molecule has 0 aromatic heterocycles. The van der Waals surface area contributed by atoms with Crippen molar-refractivity contribution in [2.24, 2.45) is 0 Å². The summed E-state index contributed by atoms with van der Waals surface area (Å²) < 4.78 is 38.9. The maximum Gasteiger partial charge on any atom is 0.243 e. The largest absolute Gasteiger partial charge is 0.486 e. The fraction of sp³-hybridized carbons (Fsp3) is 0.400. The van der Waals surface area contributed by atoms with Gasteiger partial charge in [0.2, 0.25) is 10.0 Å². The van der Waals surface area contributed by atoms with Gasteiger partial charge in [-0.05, 0) is 37.1 Å². The highest BCUT2D eigenvalue weighted by Crippen LogP contribution is 2.34.